The maximum Gasteiger partial charge on any atom is 0.238 e. The summed E-state index contributed by atoms with van der Waals surface area (Å²) in [6, 6.07) is 6.18. The van der Waals surface area contributed by atoms with Gasteiger partial charge in [-0.1, -0.05) is 12.1 Å². The summed E-state index contributed by atoms with van der Waals surface area (Å²) in [5, 5.41) is 10.2. The van der Waals surface area contributed by atoms with Gasteiger partial charge in [-0.15, -0.1) is 11.3 Å². The van der Waals surface area contributed by atoms with E-state index in [9.17, 15) is 13.2 Å². The second-order valence-corrected chi connectivity index (χ2v) is 6.95. The molecule has 0 aliphatic rings. The fourth-order valence-electron chi connectivity index (χ4n) is 1.70. The summed E-state index contributed by atoms with van der Waals surface area (Å²) in [5.41, 5.74) is 1.74. The number of rotatable bonds is 5. The molecule has 1 amide bonds. The van der Waals surface area contributed by atoms with Crippen LogP contribution >= 0.6 is 11.3 Å². The number of aromatic nitrogens is 1. The molecule has 21 heavy (non-hydrogen) atoms. The Bertz CT molecular complexity index is 736. The molecule has 2 aromatic rings. The van der Waals surface area contributed by atoms with Gasteiger partial charge < -0.3 is 5.32 Å². The van der Waals surface area contributed by atoms with E-state index in [1.807, 2.05) is 12.3 Å². The summed E-state index contributed by atoms with van der Waals surface area (Å²) in [6.07, 6.45) is 0.814. The molecule has 0 radical (unpaired) electrons. The highest BCUT2D eigenvalue weighted by atomic mass is 32.2. The molecule has 1 aromatic carbocycles. The van der Waals surface area contributed by atoms with Crippen molar-refractivity contribution in [3.05, 3.63) is 40.9 Å². The highest BCUT2D eigenvalue weighted by Crippen LogP contribution is 2.15. The zero-order valence-corrected chi connectivity index (χ0v) is 13.0. The third-order valence-electron chi connectivity index (χ3n) is 2.76. The van der Waals surface area contributed by atoms with Gasteiger partial charge in [0.15, 0.2) is 5.13 Å². The van der Waals surface area contributed by atoms with Crippen molar-refractivity contribution in [1.29, 1.82) is 0 Å². The first kappa shape index (κ1) is 15.6. The van der Waals surface area contributed by atoms with Gasteiger partial charge in [-0.05, 0) is 31.0 Å². The third-order valence-corrected chi connectivity index (χ3v) is 4.56. The van der Waals surface area contributed by atoms with Crippen LogP contribution in [0.4, 0.5) is 5.13 Å². The van der Waals surface area contributed by atoms with Crippen LogP contribution in [0.3, 0.4) is 0 Å². The number of sulfonamides is 1. The van der Waals surface area contributed by atoms with Crippen molar-refractivity contribution in [2.24, 2.45) is 5.14 Å². The number of nitrogens with two attached hydrogens (primary N) is 1. The largest absolute Gasteiger partial charge is 0.302 e. The summed E-state index contributed by atoms with van der Waals surface area (Å²) >= 11 is 1.38. The van der Waals surface area contributed by atoms with Crippen molar-refractivity contribution in [3.63, 3.8) is 0 Å². The van der Waals surface area contributed by atoms with Gasteiger partial charge in [0.1, 0.15) is 0 Å². The number of benzene rings is 1. The van der Waals surface area contributed by atoms with Crippen LogP contribution in [-0.4, -0.2) is 19.3 Å². The van der Waals surface area contributed by atoms with Crippen LogP contribution in [0.25, 0.3) is 0 Å². The van der Waals surface area contributed by atoms with Crippen LogP contribution in [0.1, 0.15) is 17.7 Å². The molecule has 3 N–H and O–H groups in total. The highest BCUT2D eigenvalue weighted by Gasteiger charge is 2.08. The van der Waals surface area contributed by atoms with Crippen molar-refractivity contribution < 1.29 is 13.2 Å². The summed E-state index contributed by atoms with van der Waals surface area (Å²) in [7, 11) is -3.68. The first-order chi connectivity index (χ1) is 9.84. The zero-order chi connectivity index (χ0) is 15.5. The van der Waals surface area contributed by atoms with Crippen LogP contribution in [0, 0.1) is 6.92 Å². The molecular formula is C13H15N3O3S2. The van der Waals surface area contributed by atoms with Gasteiger partial charge in [0.25, 0.3) is 0 Å². The van der Waals surface area contributed by atoms with Crippen molar-refractivity contribution in [2.75, 3.05) is 5.32 Å². The molecule has 0 aliphatic carbocycles. The molecule has 1 heterocycles. The number of hydrogen-bond acceptors (Lipinski definition) is 5. The molecule has 0 unspecified atom stereocenters. The van der Waals surface area contributed by atoms with Crippen LogP contribution in [0.5, 0.6) is 0 Å². The summed E-state index contributed by atoms with van der Waals surface area (Å²) < 4.78 is 22.2. The van der Waals surface area contributed by atoms with Crippen LogP contribution in [-0.2, 0) is 21.2 Å². The van der Waals surface area contributed by atoms with Gasteiger partial charge in [-0.2, -0.15) is 0 Å². The van der Waals surface area contributed by atoms with Gasteiger partial charge >= 0.3 is 0 Å². The van der Waals surface area contributed by atoms with Crippen LogP contribution < -0.4 is 10.5 Å². The molecule has 0 spiro atoms. The first-order valence-corrected chi connectivity index (χ1v) is 8.61. The average Bonchev–Trinajstić information content (AvgIpc) is 2.81. The number of aryl methyl sites for hydroxylation is 2. The highest BCUT2D eigenvalue weighted by molar-refractivity contribution is 7.89. The molecule has 0 saturated carbocycles. The molecule has 6 nitrogen and oxygen atoms in total. The minimum absolute atomic E-state index is 0.0639. The number of hydrogen-bond donors (Lipinski definition) is 2. The minimum Gasteiger partial charge on any atom is -0.302 e. The number of anilines is 1. The number of nitrogens with zero attached hydrogens (tertiary/aromatic N) is 1. The number of carbonyl (C=O) groups excluding carboxylic acids is 1. The Morgan fingerprint density at radius 2 is 2.00 bits per heavy atom. The first-order valence-electron chi connectivity index (χ1n) is 6.18. The van der Waals surface area contributed by atoms with Gasteiger partial charge in [-0.3, -0.25) is 4.79 Å². The maximum atomic E-state index is 11.8. The van der Waals surface area contributed by atoms with Crippen molar-refractivity contribution >= 4 is 32.4 Å². The van der Waals surface area contributed by atoms with E-state index >= 15 is 0 Å². The molecule has 0 bridgehead atoms. The molecule has 0 fully saturated rings. The number of carbonyl (C=O) groups is 1. The van der Waals surface area contributed by atoms with Gasteiger partial charge in [0.2, 0.25) is 15.9 Å². The average molecular weight is 325 g/mol. The van der Waals surface area contributed by atoms with E-state index in [1.165, 1.54) is 23.5 Å². The third kappa shape index (κ3) is 4.62. The lowest BCUT2D eigenvalue weighted by Gasteiger charge is -2.03. The Kier molecular flexibility index (Phi) is 4.71. The minimum atomic E-state index is -3.68. The fourth-order valence-corrected chi connectivity index (χ4v) is 2.92. The van der Waals surface area contributed by atoms with E-state index in [4.69, 9.17) is 5.14 Å². The Balaban J connectivity index is 1.89. The predicted molar refractivity (Wildman–Crippen MR) is 81.6 cm³/mol. The lowest BCUT2D eigenvalue weighted by Crippen LogP contribution is -2.13. The Morgan fingerprint density at radius 3 is 2.52 bits per heavy atom. The van der Waals surface area contributed by atoms with E-state index in [2.05, 4.69) is 10.3 Å². The molecule has 2 rings (SSSR count). The monoisotopic (exact) mass is 325 g/mol. The number of thiazole rings is 1. The van der Waals surface area contributed by atoms with E-state index in [0.717, 1.165) is 11.3 Å². The van der Waals surface area contributed by atoms with Crippen LogP contribution in [0.15, 0.2) is 34.5 Å². The van der Waals surface area contributed by atoms with E-state index in [0.29, 0.717) is 18.0 Å². The van der Waals surface area contributed by atoms with E-state index in [1.54, 1.807) is 12.1 Å². The standard InChI is InChI=1S/C13H15N3O3S2/c1-9-8-20-13(15-9)16-12(17)7-4-10-2-5-11(6-3-10)21(14,18)19/h2-3,5-6,8H,4,7H2,1H3,(H2,14,18,19)(H,15,16,17). The smallest absolute Gasteiger partial charge is 0.238 e. The Hall–Kier alpha value is -1.77. The van der Waals surface area contributed by atoms with Crippen molar-refractivity contribution in [3.8, 4) is 0 Å². The molecule has 8 heteroatoms. The summed E-state index contributed by atoms with van der Waals surface area (Å²) in [6.45, 7) is 1.86. The normalized spacial score (nSPS) is 11.3. The van der Waals surface area contributed by atoms with Crippen molar-refractivity contribution in [1.82, 2.24) is 4.98 Å². The van der Waals surface area contributed by atoms with E-state index in [-0.39, 0.29) is 10.8 Å². The Morgan fingerprint density at radius 1 is 1.33 bits per heavy atom. The number of nitrogens with one attached hydrogen (secondary N) is 1. The fraction of sp³-hybridized carbons (Fsp3) is 0.231. The number of amides is 1. The van der Waals surface area contributed by atoms with Gasteiger partial charge in [-0.25, -0.2) is 18.5 Å². The molecule has 0 atom stereocenters. The topological polar surface area (TPSA) is 102 Å². The molecular weight excluding hydrogens is 310 g/mol. The predicted octanol–water partition coefficient (Wildman–Crippen LogP) is 1.67. The van der Waals surface area contributed by atoms with E-state index < -0.39 is 10.0 Å². The zero-order valence-electron chi connectivity index (χ0n) is 11.4. The molecule has 0 aliphatic heterocycles. The summed E-state index contributed by atoms with van der Waals surface area (Å²) in [4.78, 5) is 16.0. The maximum absolute atomic E-state index is 11.8. The molecule has 112 valence electrons. The molecule has 0 saturated heterocycles. The Labute approximate surface area is 127 Å². The SMILES string of the molecule is Cc1csc(NC(=O)CCc2ccc(S(N)(=O)=O)cc2)n1. The van der Waals surface area contributed by atoms with Gasteiger partial charge in [0, 0.05) is 11.8 Å². The lowest BCUT2D eigenvalue weighted by molar-refractivity contribution is -0.116. The lowest BCUT2D eigenvalue weighted by atomic mass is 10.1. The summed E-state index contributed by atoms with van der Waals surface area (Å²) in [5.74, 6) is -0.125. The second kappa shape index (κ2) is 6.33. The van der Waals surface area contributed by atoms with Crippen molar-refractivity contribution in [2.45, 2.75) is 24.7 Å². The van der Waals surface area contributed by atoms with Gasteiger partial charge in [0.05, 0.1) is 10.6 Å². The number of primary sulfonamides is 1. The molecule has 1 aromatic heterocycles. The quantitative estimate of drug-likeness (QED) is 0.873. The second-order valence-electron chi connectivity index (χ2n) is 4.53. The van der Waals surface area contributed by atoms with Crippen LogP contribution in [0.2, 0.25) is 0 Å².